The fraction of sp³-hybridized carbons (Fsp3) is 0.250. The van der Waals surface area contributed by atoms with E-state index in [1.165, 1.54) is 0 Å². The molecule has 2 heterocycles. The maximum Gasteiger partial charge on any atom is 0.337 e. The quantitative estimate of drug-likeness (QED) is 0.602. The minimum Gasteiger partial charge on any atom is -0.478 e. The van der Waals surface area contributed by atoms with E-state index < -0.39 is 10.9 Å². The molecule has 0 unspecified atom stereocenters. The van der Waals surface area contributed by atoms with Crippen LogP contribution in [0.4, 0.5) is 11.5 Å². The van der Waals surface area contributed by atoms with Gasteiger partial charge in [0.15, 0.2) is 0 Å². The summed E-state index contributed by atoms with van der Waals surface area (Å²) in [6.07, 6.45) is 5.25. The SMILES string of the molecule is Cn1cc(CCNc2ncc(C(=O)O)cc2[N+](=O)[O-])cn1. The Hall–Kier alpha value is -2.97. The number of anilines is 1. The summed E-state index contributed by atoms with van der Waals surface area (Å²) in [5.41, 5.74) is 0.399. The highest BCUT2D eigenvalue weighted by Crippen LogP contribution is 2.22. The van der Waals surface area contributed by atoms with E-state index >= 15 is 0 Å². The van der Waals surface area contributed by atoms with Crippen LogP contribution in [-0.4, -0.2) is 37.3 Å². The molecule has 0 saturated carbocycles. The number of nitro groups is 1. The van der Waals surface area contributed by atoms with Crippen LogP contribution in [0.25, 0.3) is 0 Å². The lowest BCUT2D eigenvalue weighted by atomic mass is 10.2. The van der Waals surface area contributed by atoms with Crippen molar-refractivity contribution >= 4 is 17.5 Å². The predicted molar refractivity (Wildman–Crippen MR) is 73.3 cm³/mol. The number of hydrogen-bond acceptors (Lipinski definition) is 6. The van der Waals surface area contributed by atoms with Gasteiger partial charge in [0.1, 0.15) is 0 Å². The maximum atomic E-state index is 11.0. The van der Waals surface area contributed by atoms with E-state index in [4.69, 9.17) is 5.11 Å². The van der Waals surface area contributed by atoms with E-state index in [0.717, 1.165) is 17.8 Å². The van der Waals surface area contributed by atoms with Gasteiger partial charge in [-0.25, -0.2) is 9.78 Å². The molecule has 9 heteroatoms. The van der Waals surface area contributed by atoms with Gasteiger partial charge < -0.3 is 10.4 Å². The third-order valence-corrected chi connectivity index (χ3v) is 2.78. The first-order chi connectivity index (χ1) is 9.97. The van der Waals surface area contributed by atoms with Crippen molar-refractivity contribution in [2.24, 2.45) is 7.05 Å². The Morgan fingerprint density at radius 2 is 2.29 bits per heavy atom. The van der Waals surface area contributed by atoms with Gasteiger partial charge in [-0.3, -0.25) is 14.8 Å². The zero-order valence-electron chi connectivity index (χ0n) is 11.2. The van der Waals surface area contributed by atoms with Crippen LogP contribution in [0, 0.1) is 10.1 Å². The monoisotopic (exact) mass is 291 g/mol. The van der Waals surface area contributed by atoms with Crippen LogP contribution >= 0.6 is 0 Å². The van der Waals surface area contributed by atoms with Gasteiger partial charge in [0.05, 0.1) is 16.7 Å². The number of aromatic carboxylic acids is 1. The summed E-state index contributed by atoms with van der Waals surface area (Å²) in [4.78, 5) is 24.9. The van der Waals surface area contributed by atoms with Gasteiger partial charge in [-0.1, -0.05) is 0 Å². The van der Waals surface area contributed by atoms with Crippen LogP contribution in [0.2, 0.25) is 0 Å². The zero-order chi connectivity index (χ0) is 15.4. The molecule has 0 amide bonds. The molecule has 0 fully saturated rings. The number of nitrogens with one attached hydrogen (secondary N) is 1. The number of nitrogens with zero attached hydrogens (tertiary/aromatic N) is 4. The third-order valence-electron chi connectivity index (χ3n) is 2.78. The molecule has 110 valence electrons. The van der Waals surface area contributed by atoms with E-state index in [9.17, 15) is 14.9 Å². The van der Waals surface area contributed by atoms with Crippen LogP contribution in [0.15, 0.2) is 24.7 Å². The molecule has 0 aliphatic heterocycles. The minimum absolute atomic E-state index is 0.0499. The molecule has 2 N–H and O–H groups in total. The molecule has 0 aliphatic carbocycles. The Kier molecular flexibility index (Phi) is 4.12. The highest BCUT2D eigenvalue weighted by molar-refractivity contribution is 5.88. The molecular formula is C12H13N5O4. The first-order valence-electron chi connectivity index (χ1n) is 6.06. The van der Waals surface area contributed by atoms with Gasteiger partial charge in [-0.05, 0) is 12.0 Å². The second-order valence-corrected chi connectivity index (χ2v) is 4.35. The van der Waals surface area contributed by atoms with Crippen LogP contribution in [0.5, 0.6) is 0 Å². The summed E-state index contributed by atoms with van der Waals surface area (Å²) >= 11 is 0. The second-order valence-electron chi connectivity index (χ2n) is 4.35. The predicted octanol–water partition coefficient (Wildman–Crippen LogP) is 1.08. The lowest BCUT2D eigenvalue weighted by molar-refractivity contribution is -0.384. The highest BCUT2D eigenvalue weighted by Gasteiger charge is 2.18. The van der Waals surface area contributed by atoms with Crippen molar-refractivity contribution < 1.29 is 14.8 Å². The van der Waals surface area contributed by atoms with Gasteiger partial charge in [0.2, 0.25) is 5.82 Å². The number of pyridine rings is 1. The highest BCUT2D eigenvalue weighted by atomic mass is 16.6. The number of rotatable bonds is 6. The van der Waals surface area contributed by atoms with Crippen LogP contribution in [0.3, 0.4) is 0 Å². The van der Waals surface area contributed by atoms with E-state index in [1.807, 2.05) is 6.20 Å². The summed E-state index contributed by atoms with van der Waals surface area (Å²) < 4.78 is 1.66. The van der Waals surface area contributed by atoms with Crippen molar-refractivity contribution in [2.75, 3.05) is 11.9 Å². The average Bonchev–Trinajstić information content (AvgIpc) is 2.84. The number of aryl methyl sites for hydroxylation is 1. The van der Waals surface area contributed by atoms with Crippen molar-refractivity contribution in [3.8, 4) is 0 Å². The molecule has 2 aromatic rings. The van der Waals surface area contributed by atoms with Gasteiger partial charge >= 0.3 is 11.7 Å². The zero-order valence-corrected chi connectivity index (χ0v) is 11.2. The number of carbonyl (C=O) groups is 1. The van der Waals surface area contributed by atoms with E-state index in [-0.39, 0.29) is 17.1 Å². The average molecular weight is 291 g/mol. The molecule has 0 radical (unpaired) electrons. The molecule has 0 aromatic carbocycles. The Labute approximate surface area is 119 Å². The third kappa shape index (κ3) is 3.53. The van der Waals surface area contributed by atoms with E-state index in [1.54, 1.807) is 17.9 Å². The van der Waals surface area contributed by atoms with Crippen LogP contribution in [0.1, 0.15) is 15.9 Å². The molecule has 0 bridgehead atoms. The Morgan fingerprint density at radius 3 is 2.86 bits per heavy atom. The number of carboxylic acid groups (broad SMARTS) is 1. The molecule has 9 nitrogen and oxygen atoms in total. The van der Waals surface area contributed by atoms with Crippen molar-refractivity contribution in [3.05, 3.63) is 45.9 Å². The normalized spacial score (nSPS) is 10.3. The van der Waals surface area contributed by atoms with Crippen molar-refractivity contribution in [1.82, 2.24) is 14.8 Å². The van der Waals surface area contributed by atoms with Crippen LogP contribution < -0.4 is 5.32 Å². The first-order valence-corrected chi connectivity index (χ1v) is 6.06. The Balaban J connectivity index is 2.08. The molecule has 21 heavy (non-hydrogen) atoms. The number of carboxylic acids is 1. The summed E-state index contributed by atoms with van der Waals surface area (Å²) in [5.74, 6) is -1.21. The second kappa shape index (κ2) is 5.99. The maximum absolute atomic E-state index is 11.0. The van der Waals surface area contributed by atoms with Crippen molar-refractivity contribution in [2.45, 2.75) is 6.42 Å². The Morgan fingerprint density at radius 1 is 1.52 bits per heavy atom. The number of hydrogen-bond donors (Lipinski definition) is 2. The van der Waals surface area contributed by atoms with Crippen molar-refractivity contribution in [1.29, 1.82) is 0 Å². The number of aromatic nitrogens is 3. The van der Waals surface area contributed by atoms with Gasteiger partial charge in [0.25, 0.3) is 0 Å². The molecule has 2 aromatic heterocycles. The molecule has 0 atom stereocenters. The molecule has 0 aliphatic rings. The lowest BCUT2D eigenvalue weighted by Crippen LogP contribution is -2.09. The fourth-order valence-corrected chi connectivity index (χ4v) is 1.77. The lowest BCUT2D eigenvalue weighted by Gasteiger charge is -2.05. The molecule has 2 rings (SSSR count). The van der Waals surface area contributed by atoms with Gasteiger partial charge in [-0.2, -0.15) is 5.10 Å². The molecular weight excluding hydrogens is 278 g/mol. The Bertz CT molecular complexity index is 682. The summed E-state index contributed by atoms with van der Waals surface area (Å²) in [6.45, 7) is 0.423. The van der Waals surface area contributed by atoms with Gasteiger partial charge in [0, 0.05) is 32.1 Å². The van der Waals surface area contributed by atoms with E-state index in [0.29, 0.717) is 13.0 Å². The topological polar surface area (TPSA) is 123 Å². The van der Waals surface area contributed by atoms with Gasteiger partial charge in [-0.15, -0.1) is 0 Å². The fourth-order valence-electron chi connectivity index (χ4n) is 1.77. The smallest absolute Gasteiger partial charge is 0.337 e. The molecule has 0 spiro atoms. The summed E-state index contributed by atoms with van der Waals surface area (Å²) in [6, 6.07) is 0.988. The van der Waals surface area contributed by atoms with Crippen LogP contribution in [-0.2, 0) is 13.5 Å². The minimum atomic E-state index is -1.26. The standard InChI is InChI=1S/C12H13N5O4/c1-16-7-8(5-15-16)2-3-13-11-10(17(20)21)4-9(6-14-11)12(18)19/h4-7H,2-3H2,1H3,(H,13,14)(H,18,19). The van der Waals surface area contributed by atoms with Crippen molar-refractivity contribution in [3.63, 3.8) is 0 Å². The summed E-state index contributed by atoms with van der Waals surface area (Å²) in [5, 5.41) is 26.6. The van der Waals surface area contributed by atoms with E-state index in [2.05, 4.69) is 15.4 Å². The first kappa shape index (κ1) is 14.4. The molecule has 0 saturated heterocycles. The largest absolute Gasteiger partial charge is 0.478 e. The summed E-state index contributed by atoms with van der Waals surface area (Å²) in [7, 11) is 1.80.